The highest BCUT2D eigenvalue weighted by molar-refractivity contribution is 9.10. The zero-order chi connectivity index (χ0) is 26.0. The van der Waals surface area contributed by atoms with Gasteiger partial charge in [-0.15, -0.1) is 0 Å². The van der Waals surface area contributed by atoms with Crippen LogP contribution in [-0.2, 0) is 16.0 Å². The van der Waals surface area contributed by atoms with Gasteiger partial charge in [0.2, 0.25) is 0 Å². The van der Waals surface area contributed by atoms with Gasteiger partial charge in [-0.1, -0.05) is 56.9 Å². The summed E-state index contributed by atoms with van der Waals surface area (Å²) in [5.41, 5.74) is 5.20. The second-order valence-electron chi connectivity index (χ2n) is 8.52. The minimum Gasteiger partial charge on any atom is -0.494 e. The number of nitrogens with zero attached hydrogens (tertiary/aromatic N) is 1. The lowest BCUT2D eigenvalue weighted by atomic mass is 9.98. The molecule has 3 aromatic rings. The Balaban J connectivity index is 1.72. The first-order valence-electron chi connectivity index (χ1n) is 11.4. The molecule has 1 N–H and O–H groups in total. The Kier molecular flexibility index (Phi) is 7.62. The third-order valence-corrected chi connectivity index (χ3v) is 6.60. The van der Waals surface area contributed by atoms with Gasteiger partial charge in [-0.3, -0.25) is 14.9 Å². The number of carbonyl (C=O) groups excluding carboxylic acids is 3. The summed E-state index contributed by atoms with van der Waals surface area (Å²) in [5.74, 6) is -0.838. The molecule has 6 nitrogen and oxygen atoms in total. The molecule has 0 unspecified atom stereocenters. The summed E-state index contributed by atoms with van der Waals surface area (Å²) in [5, 5.41) is 2.70. The van der Waals surface area contributed by atoms with Crippen LogP contribution in [-0.4, -0.2) is 24.5 Å². The molecule has 184 valence electrons. The number of barbiturate groups is 1. The lowest BCUT2D eigenvalue weighted by molar-refractivity contribution is -0.122. The van der Waals surface area contributed by atoms with E-state index in [4.69, 9.17) is 16.3 Å². The van der Waals surface area contributed by atoms with Gasteiger partial charge in [-0.25, -0.2) is 9.69 Å². The van der Waals surface area contributed by atoms with Gasteiger partial charge in [0.25, 0.3) is 11.8 Å². The van der Waals surface area contributed by atoms with Crippen LogP contribution >= 0.6 is 27.5 Å². The van der Waals surface area contributed by atoms with E-state index in [2.05, 4.69) is 53.3 Å². The lowest BCUT2D eigenvalue weighted by Crippen LogP contribution is -2.54. The topological polar surface area (TPSA) is 75.7 Å². The maximum absolute atomic E-state index is 13.2. The van der Waals surface area contributed by atoms with E-state index >= 15 is 0 Å². The fraction of sp³-hybridized carbons (Fsp3) is 0.179. The highest BCUT2D eigenvalue weighted by Crippen LogP contribution is 2.33. The zero-order valence-electron chi connectivity index (χ0n) is 20.0. The maximum Gasteiger partial charge on any atom is 0.335 e. The summed E-state index contributed by atoms with van der Waals surface area (Å²) in [4.78, 5) is 39.2. The number of halogens is 2. The smallest absolute Gasteiger partial charge is 0.335 e. The van der Waals surface area contributed by atoms with Crippen molar-refractivity contribution in [2.24, 2.45) is 0 Å². The first-order chi connectivity index (χ1) is 17.2. The molecule has 3 aromatic carbocycles. The number of urea groups is 1. The number of rotatable bonds is 6. The normalized spacial score (nSPS) is 14.9. The molecule has 0 saturated carbocycles. The summed E-state index contributed by atoms with van der Waals surface area (Å²) >= 11 is 9.58. The molecular formula is C28H24BrClN2O4. The van der Waals surface area contributed by atoms with Gasteiger partial charge in [-0.05, 0) is 74.4 Å². The van der Waals surface area contributed by atoms with Crippen molar-refractivity contribution < 1.29 is 19.1 Å². The van der Waals surface area contributed by atoms with E-state index in [-0.39, 0.29) is 5.57 Å². The molecule has 0 aromatic heterocycles. The number of imide groups is 2. The van der Waals surface area contributed by atoms with Crippen molar-refractivity contribution in [3.8, 4) is 5.75 Å². The fourth-order valence-corrected chi connectivity index (χ4v) is 4.92. The summed E-state index contributed by atoms with van der Waals surface area (Å²) in [7, 11) is 0. The van der Waals surface area contributed by atoms with Crippen molar-refractivity contribution in [2.75, 3.05) is 11.5 Å². The molecule has 8 heteroatoms. The van der Waals surface area contributed by atoms with Crippen molar-refractivity contribution in [1.82, 2.24) is 5.32 Å². The molecular weight excluding hydrogens is 544 g/mol. The Morgan fingerprint density at radius 1 is 1.00 bits per heavy atom. The first-order valence-corrected chi connectivity index (χ1v) is 12.5. The van der Waals surface area contributed by atoms with Gasteiger partial charge in [0, 0.05) is 21.5 Å². The Morgan fingerprint density at radius 3 is 2.31 bits per heavy atom. The highest BCUT2D eigenvalue weighted by atomic mass is 79.9. The minimum atomic E-state index is -0.815. The molecule has 0 atom stereocenters. The SMILES string of the molecule is CCOc1cc(/C=C2\C(=O)NC(=O)N(c3ccc(Cl)cc3)C2=O)cc(Br)c1Cc1cc(C)cc(C)c1. The van der Waals surface area contributed by atoms with Crippen LogP contribution in [0.3, 0.4) is 0 Å². The number of ether oxygens (including phenoxy) is 1. The van der Waals surface area contributed by atoms with Crippen molar-refractivity contribution >= 4 is 57.1 Å². The Labute approximate surface area is 223 Å². The average Bonchev–Trinajstić information content (AvgIpc) is 2.79. The Hall–Kier alpha value is -3.42. The molecule has 4 rings (SSSR count). The van der Waals surface area contributed by atoms with Crippen LogP contribution < -0.4 is 15.0 Å². The number of aryl methyl sites for hydroxylation is 2. The molecule has 1 fully saturated rings. The van der Waals surface area contributed by atoms with Gasteiger partial charge in [0.15, 0.2) is 0 Å². The van der Waals surface area contributed by atoms with Crippen molar-refractivity contribution in [3.63, 3.8) is 0 Å². The number of benzene rings is 3. The van der Waals surface area contributed by atoms with Gasteiger partial charge < -0.3 is 4.74 Å². The third-order valence-electron chi connectivity index (χ3n) is 5.64. The van der Waals surface area contributed by atoms with Crippen molar-refractivity contribution in [1.29, 1.82) is 0 Å². The van der Waals surface area contributed by atoms with Crippen molar-refractivity contribution in [3.05, 3.63) is 97.5 Å². The Morgan fingerprint density at radius 2 is 1.67 bits per heavy atom. The van der Waals surface area contributed by atoms with E-state index < -0.39 is 17.8 Å². The zero-order valence-corrected chi connectivity index (χ0v) is 22.4. The maximum atomic E-state index is 13.2. The average molecular weight is 568 g/mol. The Bertz CT molecular complexity index is 1380. The van der Waals surface area contributed by atoms with Crippen LogP contribution in [0.4, 0.5) is 10.5 Å². The van der Waals surface area contributed by atoms with Gasteiger partial charge >= 0.3 is 6.03 Å². The summed E-state index contributed by atoms with van der Waals surface area (Å²) in [6.45, 7) is 6.47. The van der Waals surface area contributed by atoms with Crippen molar-refractivity contribution in [2.45, 2.75) is 27.2 Å². The fourth-order valence-electron chi connectivity index (χ4n) is 4.19. The van der Waals surface area contributed by atoms with E-state index in [9.17, 15) is 14.4 Å². The predicted molar refractivity (Wildman–Crippen MR) is 144 cm³/mol. The molecule has 0 aliphatic carbocycles. The lowest BCUT2D eigenvalue weighted by Gasteiger charge is -2.26. The third kappa shape index (κ3) is 5.53. The second-order valence-corrected chi connectivity index (χ2v) is 9.81. The first kappa shape index (κ1) is 25.7. The van der Waals surface area contributed by atoms with E-state index in [0.717, 1.165) is 20.5 Å². The second kappa shape index (κ2) is 10.7. The number of nitrogens with one attached hydrogen (secondary N) is 1. The number of anilines is 1. The van der Waals surface area contributed by atoms with Crippen LogP contribution in [0.5, 0.6) is 5.75 Å². The van der Waals surface area contributed by atoms with Crippen LogP contribution in [0, 0.1) is 13.8 Å². The predicted octanol–water partition coefficient (Wildman–Crippen LogP) is 6.38. The molecule has 1 saturated heterocycles. The molecule has 0 spiro atoms. The van der Waals surface area contributed by atoms with Gasteiger partial charge in [-0.2, -0.15) is 0 Å². The molecule has 4 amide bonds. The molecule has 1 heterocycles. The number of carbonyl (C=O) groups is 3. The molecule has 0 radical (unpaired) electrons. The summed E-state index contributed by atoms with van der Waals surface area (Å²) in [6.07, 6.45) is 2.11. The highest BCUT2D eigenvalue weighted by Gasteiger charge is 2.36. The molecule has 36 heavy (non-hydrogen) atoms. The molecule has 1 aliphatic heterocycles. The monoisotopic (exact) mass is 566 g/mol. The van der Waals surface area contributed by atoms with E-state index in [1.54, 1.807) is 30.3 Å². The standard InChI is InChI=1S/C28H24BrClN2O4/c1-4-36-25-15-19(14-24(29)22(25)12-18-10-16(2)9-17(3)11-18)13-23-26(33)31-28(35)32(27(23)34)21-7-5-20(30)6-8-21/h5-11,13-15H,4,12H2,1-3H3,(H,31,33,35)/b23-13+. The van der Waals surface area contributed by atoms with E-state index in [1.165, 1.54) is 17.2 Å². The minimum absolute atomic E-state index is 0.166. The van der Waals surface area contributed by atoms with Gasteiger partial charge in [0.1, 0.15) is 11.3 Å². The quantitative estimate of drug-likeness (QED) is 0.277. The molecule has 0 bridgehead atoms. The number of hydrogen-bond acceptors (Lipinski definition) is 4. The van der Waals surface area contributed by atoms with E-state index in [1.807, 2.05) is 13.0 Å². The van der Waals surface area contributed by atoms with Crippen LogP contribution in [0.2, 0.25) is 5.02 Å². The summed E-state index contributed by atoms with van der Waals surface area (Å²) < 4.78 is 6.72. The van der Waals surface area contributed by atoms with Crippen LogP contribution in [0.25, 0.3) is 6.08 Å². The number of hydrogen-bond donors (Lipinski definition) is 1. The van der Waals surface area contributed by atoms with Crippen LogP contribution in [0.1, 0.15) is 34.7 Å². The largest absolute Gasteiger partial charge is 0.494 e. The van der Waals surface area contributed by atoms with Gasteiger partial charge in [0.05, 0.1) is 12.3 Å². The van der Waals surface area contributed by atoms with Crippen LogP contribution in [0.15, 0.2) is 64.6 Å². The summed E-state index contributed by atoms with van der Waals surface area (Å²) in [6, 6.07) is 15.4. The molecule has 1 aliphatic rings. The van der Waals surface area contributed by atoms with E-state index in [0.29, 0.717) is 35.1 Å². The number of amides is 4.